The molecule has 1 unspecified atom stereocenters. The van der Waals surface area contributed by atoms with Crippen molar-refractivity contribution < 1.29 is 90.8 Å². The van der Waals surface area contributed by atoms with E-state index in [1.54, 1.807) is 0 Å². The first-order valence-electron chi connectivity index (χ1n) is 31.4. The van der Waals surface area contributed by atoms with Gasteiger partial charge in [0.25, 0.3) is 0 Å². The summed E-state index contributed by atoms with van der Waals surface area (Å²) >= 11 is 0. The maximum atomic E-state index is 12.3. The molecule has 5 aromatic rings. The molecule has 3 amide bonds. The lowest BCUT2D eigenvalue weighted by Crippen LogP contribution is -2.31. The van der Waals surface area contributed by atoms with Gasteiger partial charge in [-0.25, -0.2) is 14.4 Å². The number of ether oxygens (including phenoxy) is 11. The maximum Gasteiger partial charge on any atom is 0.407 e. The van der Waals surface area contributed by atoms with Gasteiger partial charge in [0.1, 0.15) is 58.4 Å². The molecule has 1 atom stereocenters. The first-order valence-corrected chi connectivity index (χ1v) is 31.4. The third kappa shape index (κ3) is 24.3. The number of aliphatic carboxylic acids is 1. The fraction of sp³-hybridized carbons (Fsp3) is 0.403. The molecule has 0 bridgehead atoms. The minimum absolute atomic E-state index is 0.0185. The van der Waals surface area contributed by atoms with Crippen LogP contribution in [0, 0.1) is 6.08 Å². The van der Waals surface area contributed by atoms with Gasteiger partial charge in [-0.05, 0) is 76.4 Å². The van der Waals surface area contributed by atoms with Gasteiger partial charge in [0.15, 0.2) is 11.6 Å². The number of fused-ring (bicyclic) bond motifs is 8. The van der Waals surface area contributed by atoms with Gasteiger partial charge in [-0.2, -0.15) is 0 Å². The molecule has 0 saturated heterocycles. The molecule has 4 aliphatic rings. The Morgan fingerprint density at radius 2 is 0.787 bits per heavy atom. The van der Waals surface area contributed by atoms with Crippen LogP contribution in [0.15, 0.2) is 145 Å². The first-order chi connectivity index (χ1) is 45.9. The van der Waals surface area contributed by atoms with Gasteiger partial charge in [0.2, 0.25) is 5.91 Å². The van der Waals surface area contributed by atoms with Gasteiger partial charge >= 0.3 is 24.1 Å². The maximum absolute atomic E-state index is 12.3. The smallest absolute Gasteiger partial charge is 0.407 e. The fourth-order valence-electron chi connectivity index (χ4n) is 10.6. The summed E-state index contributed by atoms with van der Waals surface area (Å²) < 4.78 is 58.1. The third-order valence-electron chi connectivity index (χ3n) is 14.8. The number of rotatable bonds is 39. The second-order valence-corrected chi connectivity index (χ2v) is 21.8. The van der Waals surface area contributed by atoms with Gasteiger partial charge in [-0.3, -0.25) is 19.2 Å². The predicted molar refractivity (Wildman–Crippen MR) is 348 cm³/mol. The van der Waals surface area contributed by atoms with Crippen molar-refractivity contribution in [2.24, 2.45) is 0 Å². The number of alkyl carbamates (subject to hydrolysis) is 2. The van der Waals surface area contributed by atoms with Crippen LogP contribution < -0.4 is 16.0 Å². The summed E-state index contributed by atoms with van der Waals surface area (Å²) in [6.07, 6.45) is 8.88. The number of carboxylic acid groups (broad SMARTS) is 1. The summed E-state index contributed by atoms with van der Waals surface area (Å²) in [6, 6.07) is 41.0. The molecule has 0 aliphatic heterocycles. The summed E-state index contributed by atoms with van der Waals surface area (Å²) in [5.41, 5.74) is 14.1. The van der Waals surface area contributed by atoms with E-state index in [9.17, 15) is 33.6 Å². The lowest BCUT2D eigenvalue weighted by molar-refractivity contribution is -0.144. The molecule has 9 rings (SSSR count). The highest BCUT2D eigenvalue weighted by molar-refractivity contribution is 5.87. The van der Waals surface area contributed by atoms with Crippen molar-refractivity contribution in [3.05, 3.63) is 185 Å². The number of ketones is 2. The van der Waals surface area contributed by atoms with Crippen LogP contribution in [-0.4, -0.2) is 192 Å². The molecular formula is C72H84N3O19+. The Labute approximate surface area is 548 Å². The van der Waals surface area contributed by atoms with E-state index in [2.05, 4.69) is 82.7 Å². The molecule has 4 aliphatic carbocycles. The van der Waals surface area contributed by atoms with Crippen molar-refractivity contribution >= 4 is 47.2 Å². The number of carboxylic acids is 1. The normalized spacial score (nSPS) is 13.4. The fourth-order valence-corrected chi connectivity index (χ4v) is 10.6. The molecular weight excluding hydrogens is 1210 g/mol. The monoisotopic (exact) mass is 1290 g/mol. The molecule has 22 nitrogen and oxygen atoms in total. The van der Waals surface area contributed by atoms with E-state index >= 15 is 0 Å². The molecule has 0 fully saturated rings. The second kappa shape index (κ2) is 41.0. The molecule has 0 radical (unpaired) electrons. The quantitative estimate of drug-likeness (QED) is 0.0124. The number of amides is 3. The number of allylic oxidation sites excluding steroid dienone is 5. The lowest BCUT2D eigenvalue weighted by Gasteiger charge is -2.14. The Morgan fingerprint density at radius 1 is 0.415 bits per heavy atom. The third-order valence-corrected chi connectivity index (χ3v) is 14.8. The van der Waals surface area contributed by atoms with Crippen LogP contribution in [0.3, 0.4) is 0 Å². The van der Waals surface area contributed by atoms with Crippen LogP contribution in [0.2, 0.25) is 0 Å². The zero-order valence-electron chi connectivity index (χ0n) is 53.3. The van der Waals surface area contributed by atoms with Crippen molar-refractivity contribution in [3.63, 3.8) is 0 Å². The number of hydrogen-bond donors (Lipinski definition) is 4. The summed E-state index contributed by atoms with van der Waals surface area (Å²) in [5, 5.41) is 16.4. The molecule has 0 spiro atoms. The van der Waals surface area contributed by atoms with Gasteiger partial charge in [0, 0.05) is 56.1 Å². The van der Waals surface area contributed by atoms with Crippen molar-refractivity contribution in [1.29, 1.82) is 0 Å². The number of hydrogen-bond acceptors (Lipinski definition) is 18. The largest absolute Gasteiger partial charge is 0.480 e. The molecule has 0 saturated carbocycles. The first kappa shape index (κ1) is 72.6. The Morgan fingerprint density at radius 3 is 1.24 bits per heavy atom. The van der Waals surface area contributed by atoms with E-state index in [1.165, 1.54) is 69.5 Å². The average molecular weight is 1300 g/mol. The molecule has 22 heteroatoms. The Kier molecular flexibility index (Phi) is 31.7. The van der Waals surface area contributed by atoms with Crippen LogP contribution in [0.5, 0.6) is 0 Å². The standard InChI is InChI=1S/C29H37NO8.C22H23NO5.C21H23NO6/c1-22(31)19-36-17-16-35-14-12-30-28(32)21-37-18-15-34-13-6-11-29(33)38-20-27-25-9-4-2-7-23(25)24-8-3-5-10-26(24)27;1-16(24)14-27-13-12-26-11-10-23-22(25)28-15-21-19-8-4-2-6-17(19)18-7-3-5-9-20(18)21;23-20(24)14-27-12-11-26-10-9-22-21(25)28-13-19-17-7-3-1-5-15(17)16-6-2-4-8-18(16)19/h2-5,7-10,27H,6,11-21H2,1H3,(H,30,32);2,4-9,21H,10-15H2,1H3;1-8,19H,9-14H2,(H,22,25)(H,23,24)/p+1. The highest BCUT2D eigenvalue weighted by atomic mass is 16.6. The second-order valence-electron chi connectivity index (χ2n) is 21.8. The van der Waals surface area contributed by atoms with Crippen molar-refractivity contribution in [3.8, 4) is 22.3 Å². The van der Waals surface area contributed by atoms with Crippen molar-refractivity contribution in [2.75, 3.05) is 145 Å². The van der Waals surface area contributed by atoms with Gasteiger partial charge in [0.05, 0.1) is 95.8 Å². The highest BCUT2D eigenvalue weighted by Gasteiger charge is 2.36. The summed E-state index contributed by atoms with van der Waals surface area (Å²) in [4.78, 5) is 79.6. The molecule has 500 valence electrons. The van der Waals surface area contributed by atoms with E-state index in [0.29, 0.717) is 92.1 Å². The molecule has 0 aromatic heterocycles. The summed E-state index contributed by atoms with van der Waals surface area (Å²) in [5.74, 6) is -1.43. The van der Waals surface area contributed by atoms with E-state index in [-0.39, 0.29) is 107 Å². The summed E-state index contributed by atoms with van der Waals surface area (Å²) in [6.45, 7) is 8.46. The highest BCUT2D eigenvalue weighted by Crippen LogP contribution is 2.47. The van der Waals surface area contributed by atoms with Crippen LogP contribution >= 0.6 is 0 Å². The number of carbonyl (C=O) groups is 7. The van der Waals surface area contributed by atoms with Gasteiger partial charge in [-0.1, -0.05) is 115 Å². The molecule has 0 heterocycles. The Balaban J connectivity index is 0.000000203. The van der Waals surface area contributed by atoms with Crippen LogP contribution in [0.25, 0.3) is 27.8 Å². The van der Waals surface area contributed by atoms with E-state index in [1.807, 2.05) is 78.9 Å². The number of esters is 1. The van der Waals surface area contributed by atoms with Crippen LogP contribution in [-0.2, 0) is 76.1 Å². The van der Waals surface area contributed by atoms with Crippen LogP contribution in [0.4, 0.5) is 9.59 Å². The molecule has 94 heavy (non-hydrogen) atoms. The lowest BCUT2D eigenvalue weighted by atomic mass is 9.95. The predicted octanol–water partition coefficient (Wildman–Crippen LogP) is 8.35. The van der Waals surface area contributed by atoms with Crippen LogP contribution in [0.1, 0.15) is 77.8 Å². The number of nitrogens with one attached hydrogen (secondary N) is 3. The van der Waals surface area contributed by atoms with Gasteiger partial charge in [-0.15, -0.1) is 0 Å². The number of Topliss-reactive ketones (excluding diaryl/α,β-unsaturated/α-hetero) is 2. The topological polar surface area (TPSA) is 277 Å². The van der Waals surface area contributed by atoms with Crippen molar-refractivity contribution in [1.82, 2.24) is 16.0 Å². The Bertz CT molecular complexity index is 3270. The number of carbonyl (C=O) groups excluding carboxylic acids is 6. The van der Waals surface area contributed by atoms with E-state index in [4.69, 9.17) is 57.2 Å². The average Bonchev–Trinajstić information content (AvgIpc) is 1.65. The SMILES string of the molecule is CC(=O)COCCOCCNC(=O)COCCOCCCC(=O)OCC1c2ccccc2-c2ccccc21.CC(=O)COCCOCCNC(=O)OCC1C2=C(C=[C+]C=C2)c2ccccc21.O=C(O)COCCOCCNC(=O)OCC1c2ccccc2-c2ccccc21. The Hall–Kier alpha value is -8.80. The molecule has 5 aromatic carbocycles. The zero-order valence-corrected chi connectivity index (χ0v) is 53.3. The summed E-state index contributed by atoms with van der Waals surface area (Å²) in [7, 11) is 0. The minimum atomic E-state index is -1.02. The van der Waals surface area contributed by atoms with E-state index in [0.717, 1.165) is 11.1 Å². The zero-order chi connectivity index (χ0) is 66.5. The number of benzene rings is 5. The van der Waals surface area contributed by atoms with Crippen molar-refractivity contribution in [2.45, 2.75) is 44.4 Å². The van der Waals surface area contributed by atoms with Gasteiger partial charge < -0.3 is 73.2 Å². The molecule has 4 N–H and O–H groups in total. The minimum Gasteiger partial charge on any atom is -0.480 e. The van der Waals surface area contributed by atoms with E-state index < -0.39 is 18.2 Å².